The number of benzene rings is 1. The van der Waals surface area contributed by atoms with Gasteiger partial charge < -0.3 is 14.8 Å². The van der Waals surface area contributed by atoms with Crippen molar-refractivity contribution in [2.24, 2.45) is 0 Å². The first-order chi connectivity index (χ1) is 12.8. The molecule has 0 spiro atoms. The summed E-state index contributed by atoms with van der Waals surface area (Å²) < 4.78 is 19.3. The highest BCUT2D eigenvalue weighted by molar-refractivity contribution is 5.79. The quantitative estimate of drug-likeness (QED) is 0.602. The van der Waals surface area contributed by atoms with Crippen LogP contribution in [-0.2, 0) is 11.8 Å². The summed E-state index contributed by atoms with van der Waals surface area (Å²) in [5.74, 6) is 0.272. The minimum absolute atomic E-state index is 0.330. The van der Waals surface area contributed by atoms with Gasteiger partial charge in [0.2, 0.25) is 0 Å². The first kappa shape index (κ1) is 19.1. The van der Waals surface area contributed by atoms with Crippen molar-refractivity contribution >= 4 is 10.9 Å². The number of rotatable bonds is 7. The number of nitrogens with one attached hydrogen (secondary N) is 1. The summed E-state index contributed by atoms with van der Waals surface area (Å²) >= 11 is 0. The van der Waals surface area contributed by atoms with E-state index >= 15 is 0 Å². The van der Waals surface area contributed by atoms with E-state index in [4.69, 9.17) is 4.74 Å². The predicted molar refractivity (Wildman–Crippen MR) is 106 cm³/mol. The zero-order valence-corrected chi connectivity index (χ0v) is 15.9. The van der Waals surface area contributed by atoms with Gasteiger partial charge >= 0.3 is 0 Å². The van der Waals surface area contributed by atoms with Crippen molar-refractivity contribution < 1.29 is 14.2 Å². The molecule has 2 aromatic heterocycles. The Morgan fingerprint density at radius 3 is 2.74 bits per heavy atom. The van der Waals surface area contributed by atoms with Gasteiger partial charge in [-0.1, -0.05) is 19.9 Å². The average Bonchev–Trinajstić information content (AvgIpc) is 3.03. The number of aromatic amines is 1. The van der Waals surface area contributed by atoms with E-state index in [-0.39, 0.29) is 5.82 Å². The van der Waals surface area contributed by atoms with Crippen LogP contribution in [0, 0.1) is 5.82 Å². The molecule has 2 N–H and O–H groups in total. The van der Waals surface area contributed by atoms with Crippen molar-refractivity contribution in [3.05, 3.63) is 72.5 Å². The lowest BCUT2D eigenvalue weighted by atomic mass is 9.73. The molecule has 0 aliphatic heterocycles. The first-order valence-electron chi connectivity index (χ1n) is 8.88. The maximum atomic E-state index is 13.8. The van der Waals surface area contributed by atoms with Crippen molar-refractivity contribution in [1.82, 2.24) is 9.97 Å². The Hall–Kier alpha value is -2.66. The van der Waals surface area contributed by atoms with E-state index in [2.05, 4.69) is 16.5 Å². The van der Waals surface area contributed by atoms with Gasteiger partial charge in [-0.05, 0) is 42.2 Å². The maximum Gasteiger partial charge on any atom is 0.123 e. The number of methoxy groups -OCH3 is 1. The molecule has 0 aliphatic rings. The number of halogens is 1. The Morgan fingerprint density at radius 2 is 2.07 bits per heavy atom. The van der Waals surface area contributed by atoms with Gasteiger partial charge in [-0.2, -0.15) is 0 Å². The fourth-order valence-electron chi connectivity index (χ4n) is 3.73. The standard InChI is InChI=1S/C22H25FN2O2/c1-5-22(26,12-17-10-15-8-9-24-13-19(15)25-17)14-21(2,3)18-11-16(23)6-7-20(18)27-4/h5-11,13,25-26H,1,12,14H2,2-4H3. The van der Waals surface area contributed by atoms with Crippen LogP contribution < -0.4 is 4.74 Å². The molecule has 0 aliphatic carbocycles. The third-order valence-electron chi connectivity index (χ3n) is 5.00. The van der Waals surface area contributed by atoms with E-state index in [1.54, 1.807) is 31.6 Å². The van der Waals surface area contributed by atoms with Crippen LogP contribution in [0.2, 0.25) is 0 Å². The Morgan fingerprint density at radius 1 is 1.30 bits per heavy atom. The fourth-order valence-corrected chi connectivity index (χ4v) is 3.73. The van der Waals surface area contributed by atoms with E-state index in [0.717, 1.165) is 16.6 Å². The summed E-state index contributed by atoms with van der Waals surface area (Å²) in [5, 5.41) is 12.3. The number of nitrogens with zero attached hydrogens (tertiary/aromatic N) is 1. The molecule has 3 aromatic rings. The molecule has 4 nitrogen and oxygen atoms in total. The minimum Gasteiger partial charge on any atom is -0.496 e. The Labute approximate surface area is 158 Å². The third-order valence-corrected chi connectivity index (χ3v) is 5.00. The predicted octanol–water partition coefficient (Wildman–Crippen LogP) is 4.54. The fraction of sp³-hybridized carbons (Fsp3) is 0.318. The Bertz CT molecular complexity index is 931. The van der Waals surface area contributed by atoms with E-state index in [1.807, 2.05) is 26.0 Å². The molecular formula is C22H25FN2O2. The lowest BCUT2D eigenvalue weighted by molar-refractivity contribution is 0.0596. The van der Waals surface area contributed by atoms with Gasteiger partial charge in [0.15, 0.2) is 0 Å². The van der Waals surface area contributed by atoms with Gasteiger partial charge in [-0.25, -0.2) is 4.39 Å². The molecule has 0 saturated carbocycles. The van der Waals surface area contributed by atoms with Crippen molar-refractivity contribution in [2.75, 3.05) is 7.11 Å². The van der Waals surface area contributed by atoms with Gasteiger partial charge in [-0.3, -0.25) is 4.98 Å². The molecule has 5 heteroatoms. The number of hydrogen-bond acceptors (Lipinski definition) is 3. The van der Waals surface area contributed by atoms with E-state index in [1.165, 1.54) is 12.1 Å². The van der Waals surface area contributed by atoms with Crippen molar-refractivity contribution in [2.45, 2.75) is 37.7 Å². The second-order valence-corrected chi connectivity index (χ2v) is 7.65. The third kappa shape index (κ3) is 4.03. The SMILES string of the molecule is C=CC(O)(Cc1cc2ccncc2[nH]1)CC(C)(C)c1cc(F)ccc1OC. The van der Waals surface area contributed by atoms with Crippen LogP contribution in [-0.4, -0.2) is 27.8 Å². The summed E-state index contributed by atoms with van der Waals surface area (Å²) in [7, 11) is 1.56. The zero-order valence-electron chi connectivity index (χ0n) is 15.9. The van der Waals surface area contributed by atoms with Crippen molar-refractivity contribution in [3.8, 4) is 5.75 Å². The van der Waals surface area contributed by atoms with Crippen LogP contribution in [0.5, 0.6) is 5.75 Å². The van der Waals surface area contributed by atoms with Gasteiger partial charge in [0.05, 0.1) is 24.4 Å². The number of aromatic nitrogens is 2. The monoisotopic (exact) mass is 368 g/mol. The average molecular weight is 368 g/mol. The van der Waals surface area contributed by atoms with Crippen LogP contribution in [0.25, 0.3) is 10.9 Å². The lowest BCUT2D eigenvalue weighted by Gasteiger charge is -2.35. The van der Waals surface area contributed by atoms with E-state index in [0.29, 0.717) is 24.2 Å². The molecule has 1 atom stereocenters. The van der Waals surface area contributed by atoms with Crippen LogP contribution >= 0.6 is 0 Å². The number of pyridine rings is 1. The van der Waals surface area contributed by atoms with Gasteiger partial charge in [0.25, 0.3) is 0 Å². The van der Waals surface area contributed by atoms with Gasteiger partial charge in [0, 0.05) is 29.3 Å². The summed E-state index contributed by atoms with van der Waals surface area (Å²) in [6, 6.07) is 8.38. The molecule has 1 unspecified atom stereocenters. The number of fused-ring (bicyclic) bond motifs is 1. The molecule has 2 heterocycles. The normalized spacial score (nSPS) is 14.1. The Balaban J connectivity index is 1.90. The maximum absolute atomic E-state index is 13.8. The molecule has 0 amide bonds. The van der Waals surface area contributed by atoms with E-state index < -0.39 is 11.0 Å². The molecular weight excluding hydrogens is 343 g/mol. The number of ether oxygens (including phenoxy) is 1. The Kier molecular flexibility index (Phi) is 5.07. The zero-order chi connectivity index (χ0) is 19.7. The topological polar surface area (TPSA) is 58.1 Å². The molecule has 3 rings (SSSR count). The highest BCUT2D eigenvalue weighted by Gasteiger charge is 2.35. The van der Waals surface area contributed by atoms with E-state index in [9.17, 15) is 9.50 Å². The number of hydrogen-bond donors (Lipinski definition) is 2. The van der Waals surface area contributed by atoms with Crippen LogP contribution in [0.15, 0.2) is 55.4 Å². The lowest BCUT2D eigenvalue weighted by Crippen LogP contribution is -2.37. The second-order valence-electron chi connectivity index (χ2n) is 7.65. The first-order valence-corrected chi connectivity index (χ1v) is 8.88. The highest BCUT2D eigenvalue weighted by Crippen LogP contribution is 2.39. The summed E-state index contributed by atoms with van der Waals surface area (Å²) in [6.07, 6.45) is 5.78. The van der Waals surface area contributed by atoms with Crippen molar-refractivity contribution in [1.29, 1.82) is 0 Å². The highest BCUT2D eigenvalue weighted by atomic mass is 19.1. The molecule has 1 aromatic carbocycles. The second kappa shape index (κ2) is 7.16. The van der Waals surface area contributed by atoms with Crippen LogP contribution in [0.4, 0.5) is 4.39 Å². The molecule has 0 fully saturated rings. The molecule has 0 bridgehead atoms. The smallest absolute Gasteiger partial charge is 0.123 e. The molecule has 0 radical (unpaired) electrons. The molecule has 27 heavy (non-hydrogen) atoms. The minimum atomic E-state index is -1.17. The number of aliphatic hydroxyl groups is 1. The summed E-state index contributed by atoms with van der Waals surface area (Å²) in [5.41, 5.74) is 0.817. The van der Waals surface area contributed by atoms with Gasteiger partial charge in [-0.15, -0.1) is 6.58 Å². The van der Waals surface area contributed by atoms with Gasteiger partial charge in [0.1, 0.15) is 11.6 Å². The number of H-pyrrole nitrogens is 1. The summed E-state index contributed by atoms with van der Waals surface area (Å²) in [6.45, 7) is 7.77. The largest absolute Gasteiger partial charge is 0.496 e. The van der Waals surface area contributed by atoms with Crippen LogP contribution in [0.1, 0.15) is 31.5 Å². The molecule has 142 valence electrons. The molecule has 0 saturated heterocycles. The van der Waals surface area contributed by atoms with Crippen molar-refractivity contribution in [3.63, 3.8) is 0 Å². The summed E-state index contributed by atoms with van der Waals surface area (Å²) in [4.78, 5) is 7.39. The van der Waals surface area contributed by atoms with Crippen LogP contribution in [0.3, 0.4) is 0 Å².